The number of anilines is 1. The van der Waals surface area contributed by atoms with E-state index in [9.17, 15) is 42.5 Å². The SMILES string of the molecule is O=C(COC(=O)[C@H]1CC(=O)N(NC(=O)c2ccccc2[N+](=O)[O-])C1)Nc1cccc(C(F)(F)F)c1. The Hall–Kier alpha value is -4.49. The van der Waals surface area contributed by atoms with E-state index in [-0.39, 0.29) is 24.2 Å². The van der Waals surface area contributed by atoms with Crippen LogP contribution in [0.5, 0.6) is 0 Å². The van der Waals surface area contributed by atoms with Crippen LogP contribution in [0.4, 0.5) is 24.5 Å². The third kappa shape index (κ3) is 6.31. The van der Waals surface area contributed by atoms with Crippen molar-refractivity contribution in [1.82, 2.24) is 10.4 Å². The number of hydrazine groups is 1. The number of nitrogens with zero attached hydrogens (tertiary/aromatic N) is 2. The maximum atomic E-state index is 12.8. The maximum Gasteiger partial charge on any atom is 0.416 e. The van der Waals surface area contributed by atoms with Crippen molar-refractivity contribution in [2.75, 3.05) is 18.5 Å². The van der Waals surface area contributed by atoms with E-state index in [2.05, 4.69) is 10.7 Å². The molecule has 0 radical (unpaired) electrons. The van der Waals surface area contributed by atoms with Gasteiger partial charge in [0.1, 0.15) is 5.56 Å². The number of benzene rings is 2. The van der Waals surface area contributed by atoms with Crippen molar-refractivity contribution in [1.29, 1.82) is 0 Å². The van der Waals surface area contributed by atoms with Crippen LogP contribution in [0.2, 0.25) is 0 Å². The van der Waals surface area contributed by atoms with Gasteiger partial charge >= 0.3 is 12.1 Å². The summed E-state index contributed by atoms with van der Waals surface area (Å²) in [7, 11) is 0. The first-order valence-electron chi connectivity index (χ1n) is 9.94. The summed E-state index contributed by atoms with van der Waals surface area (Å²) >= 11 is 0. The molecule has 35 heavy (non-hydrogen) atoms. The molecule has 0 saturated carbocycles. The number of ether oxygens (including phenoxy) is 1. The standard InChI is InChI=1S/C21H17F3N4O7/c22-21(23,24)13-4-3-5-14(9-13)25-17(29)11-35-20(32)12-8-18(30)27(10-12)26-19(31)15-6-1-2-7-16(15)28(33)34/h1-7,9,12H,8,10-11H2,(H,25,29)(H,26,31)/t12-/m0/s1. The minimum Gasteiger partial charge on any atom is -0.455 e. The van der Waals surface area contributed by atoms with E-state index < -0.39 is 58.6 Å². The van der Waals surface area contributed by atoms with Gasteiger partial charge in [0.25, 0.3) is 17.5 Å². The molecule has 1 aliphatic rings. The van der Waals surface area contributed by atoms with Gasteiger partial charge in [-0.2, -0.15) is 13.2 Å². The van der Waals surface area contributed by atoms with E-state index in [0.717, 1.165) is 23.2 Å². The smallest absolute Gasteiger partial charge is 0.416 e. The van der Waals surface area contributed by atoms with Gasteiger partial charge in [-0.1, -0.05) is 18.2 Å². The van der Waals surface area contributed by atoms with E-state index in [1.165, 1.54) is 24.3 Å². The second-order valence-corrected chi connectivity index (χ2v) is 7.36. The molecule has 14 heteroatoms. The van der Waals surface area contributed by atoms with Gasteiger partial charge in [-0.3, -0.25) is 39.7 Å². The van der Waals surface area contributed by atoms with Crippen LogP contribution in [0.3, 0.4) is 0 Å². The zero-order valence-corrected chi connectivity index (χ0v) is 17.7. The van der Waals surface area contributed by atoms with E-state index in [4.69, 9.17) is 4.74 Å². The Labute approximate surface area is 195 Å². The molecule has 1 saturated heterocycles. The number of rotatable bonds is 7. The molecule has 3 amide bonds. The summed E-state index contributed by atoms with van der Waals surface area (Å²) in [5.74, 6) is -4.48. The van der Waals surface area contributed by atoms with Crippen molar-refractivity contribution in [3.05, 3.63) is 69.8 Å². The van der Waals surface area contributed by atoms with Crippen LogP contribution in [0.25, 0.3) is 0 Å². The van der Waals surface area contributed by atoms with Crippen molar-refractivity contribution in [3.63, 3.8) is 0 Å². The summed E-state index contributed by atoms with van der Waals surface area (Å²) in [6.07, 6.45) is -4.96. The van der Waals surface area contributed by atoms with Crippen molar-refractivity contribution in [3.8, 4) is 0 Å². The van der Waals surface area contributed by atoms with Crippen LogP contribution in [-0.4, -0.2) is 46.8 Å². The lowest BCUT2D eigenvalue weighted by Crippen LogP contribution is -2.43. The van der Waals surface area contributed by atoms with Gasteiger partial charge in [-0.25, -0.2) is 0 Å². The quantitative estimate of drug-likeness (QED) is 0.341. The van der Waals surface area contributed by atoms with Gasteiger partial charge in [0.2, 0.25) is 5.91 Å². The molecule has 1 aliphatic heterocycles. The normalized spacial score (nSPS) is 15.5. The first-order chi connectivity index (χ1) is 16.5. The Balaban J connectivity index is 1.53. The number of carbonyl (C=O) groups is 4. The maximum absolute atomic E-state index is 12.8. The monoisotopic (exact) mass is 494 g/mol. The highest BCUT2D eigenvalue weighted by Gasteiger charge is 2.37. The lowest BCUT2D eigenvalue weighted by Gasteiger charge is -2.17. The second-order valence-electron chi connectivity index (χ2n) is 7.36. The number of nitro benzene ring substituents is 1. The average molecular weight is 494 g/mol. The van der Waals surface area contributed by atoms with Crippen molar-refractivity contribution in [2.24, 2.45) is 5.92 Å². The number of amides is 3. The topological polar surface area (TPSA) is 148 Å². The summed E-state index contributed by atoms with van der Waals surface area (Å²) in [6, 6.07) is 8.95. The van der Waals surface area contributed by atoms with Gasteiger partial charge in [0.15, 0.2) is 6.61 Å². The van der Waals surface area contributed by atoms with Crippen LogP contribution < -0.4 is 10.7 Å². The predicted octanol–water partition coefficient (Wildman–Crippen LogP) is 2.29. The number of esters is 1. The summed E-state index contributed by atoms with van der Waals surface area (Å²) in [4.78, 5) is 59.1. The number of hydrogen-bond donors (Lipinski definition) is 2. The fourth-order valence-electron chi connectivity index (χ4n) is 3.21. The lowest BCUT2D eigenvalue weighted by molar-refractivity contribution is -0.385. The number of alkyl halides is 3. The molecule has 184 valence electrons. The molecule has 0 spiro atoms. The highest BCUT2D eigenvalue weighted by molar-refractivity contribution is 5.99. The average Bonchev–Trinajstić information content (AvgIpc) is 3.17. The molecule has 3 rings (SSSR count). The van der Waals surface area contributed by atoms with Crippen molar-refractivity contribution in [2.45, 2.75) is 12.6 Å². The van der Waals surface area contributed by atoms with E-state index >= 15 is 0 Å². The molecule has 1 atom stereocenters. The largest absolute Gasteiger partial charge is 0.455 e. The zero-order valence-electron chi connectivity index (χ0n) is 17.7. The fourth-order valence-corrected chi connectivity index (χ4v) is 3.21. The lowest BCUT2D eigenvalue weighted by atomic mass is 10.1. The summed E-state index contributed by atoms with van der Waals surface area (Å²) in [6.45, 7) is -1.12. The Bertz CT molecular complexity index is 1190. The highest BCUT2D eigenvalue weighted by Crippen LogP contribution is 2.30. The molecular formula is C21H17F3N4O7. The second kappa shape index (κ2) is 10.2. The number of carbonyl (C=O) groups excluding carboxylic acids is 4. The molecule has 11 nitrogen and oxygen atoms in total. The van der Waals surface area contributed by atoms with E-state index in [0.29, 0.717) is 6.07 Å². The van der Waals surface area contributed by atoms with E-state index in [1.54, 1.807) is 0 Å². The zero-order chi connectivity index (χ0) is 25.8. The first kappa shape index (κ1) is 25.1. The Kier molecular flexibility index (Phi) is 7.32. The highest BCUT2D eigenvalue weighted by atomic mass is 19.4. The van der Waals surface area contributed by atoms with Gasteiger partial charge in [0, 0.05) is 18.2 Å². The van der Waals surface area contributed by atoms with Gasteiger partial charge < -0.3 is 10.1 Å². The summed E-state index contributed by atoms with van der Waals surface area (Å²) in [5, 5.41) is 14.1. The number of nitro groups is 1. The molecule has 2 N–H and O–H groups in total. The van der Waals surface area contributed by atoms with Crippen LogP contribution in [-0.2, 0) is 25.3 Å². The molecule has 0 unspecified atom stereocenters. The number of halogens is 3. The molecule has 2 aromatic rings. The minimum absolute atomic E-state index is 0.152. The van der Waals surface area contributed by atoms with Gasteiger partial charge in [-0.15, -0.1) is 0 Å². The predicted molar refractivity (Wildman–Crippen MR) is 111 cm³/mol. The number of nitrogens with one attached hydrogen (secondary N) is 2. The molecule has 1 heterocycles. The fraction of sp³-hybridized carbons (Fsp3) is 0.238. The molecule has 1 fully saturated rings. The molecular weight excluding hydrogens is 477 g/mol. The Morgan fingerprint density at radius 2 is 1.86 bits per heavy atom. The Morgan fingerprint density at radius 1 is 1.14 bits per heavy atom. The molecule has 0 aromatic heterocycles. The third-order valence-corrected chi connectivity index (χ3v) is 4.86. The van der Waals surface area contributed by atoms with Crippen LogP contribution >= 0.6 is 0 Å². The minimum atomic E-state index is -4.60. The first-order valence-corrected chi connectivity index (χ1v) is 9.94. The van der Waals surface area contributed by atoms with Crippen molar-refractivity contribution >= 4 is 35.1 Å². The number of hydrogen-bond acceptors (Lipinski definition) is 7. The van der Waals surface area contributed by atoms with E-state index in [1.807, 2.05) is 0 Å². The third-order valence-electron chi connectivity index (χ3n) is 4.86. The molecule has 0 aliphatic carbocycles. The van der Waals surface area contributed by atoms with Crippen LogP contribution in [0.1, 0.15) is 22.3 Å². The van der Waals surface area contributed by atoms with Gasteiger partial charge in [0.05, 0.1) is 22.9 Å². The summed E-state index contributed by atoms with van der Waals surface area (Å²) in [5.41, 5.74) is 0.315. The van der Waals surface area contributed by atoms with Crippen molar-refractivity contribution < 1.29 is 42.0 Å². The molecule has 0 bridgehead atoms. The van der Waals surface area contributed by atoms with Crippen LogP contribution in [0.15, 0.2) is 48.5 Å². The van der Waals surface area contributed by atoms with Crippen LogP contribution in [0, 0.1) is 16.0 Å². The molecule has 2 aromatic carbocycles. The number of para-hydroxylation sites is 1. The Morgan fingerprint density at radius 3 is 2.54 bits per heavy atom. The van der Waals surface area contributed by atoms with Gasteiger partial charge in [-0.05, 0) is 24.3 Å². The summed E-state index contributed by atoms with van der Waals surface area (Å²) < 4.78 is 43.1.